The molecule has 8 heteroatoms. The van der Waals surface area contributed by atoms with Gasteiger partial charge in [-0.3, -0.25) is 14.8 Å². The van der Waals surface area contributed by atoms with E-state index in [2.05, 4.69) is 50.0 Å². The molecule has 4 aromatic rings. The van der Waals surface area contributed by atoms with E-state index in [1.165, 1.54) is 29.4 Å². The zero-order valence-electron chi connectivity index (χ0n) is 20.5. The molecule has 182 valence electrons. The van der Waals surface area contributed by atoms with Gasteiger partial charge in [-0.2, -0.15) is 0 Å². The fourth-order valence-corrected chi connectivity index (χ4v) is 5.24. The Balaban J connectivity index is 1.58. The van der Waals surface area contributed by atoms with Crippen molar-refractivity contribution in [1.29, 1.82) is 0 Å². The molecule has 5 rings (SSSR count). The highest BCUT2D eigenvalue weighted by atomic mass is 32.1. The number of nitrogens with zero attached hydrogens (tertiary/aromatic N) is 4. The normalized spacial score (nSPS) is 17.2. The molecule has 3 aromatic heterocycles. The topological polar surface area (TPSA) is 75.1 Å². The molecular formula is C28H28N6OS. The van der Waals surface area contributed by atoms with Crippen LogP contribution in [-0.2, 0) is 11.3 Å². The Morgan fingerprint density at radius 3 is 2.47 bits per heavy atom. The Bertz CT molecular complexity index is 1390. The summed E-state index contributed by atoms with van der Waals surface area (Å²) in [5, 5.41) is 7.00. The van der Waals surface area contributed by atoms with Crippen molar-refractivity contribution in [3.63, 3.8) is 0 Å². The van der Waals surface area contributed by atoms with Crippen molar-refractivity contribution in [2.24, 2.45) is 0 Å². The summed E-state index contributed by atoms with van der Waals surface area (Å²) < 4.78 is 2.33. The Hall–Kier alpha value is -4.04. The van der Waals surface area contributed by atoms with Crippen LogP contribution in [0.1, 0.15) is 47.2 Å². The third-order valence-corrected chi connectivity index (χ3v) is 6.90. The number of benzene rings is 1. The van der Waals surface area contributed by atoms with E-state index >= 15 is 0 Å². The summed E-state index contributed by atoms with van der Waals surface area (Å²) in [4.78, 5) is 22.4. The number of carbonyl (C=O) groups is 1. The highest BCUT2D eigenvalue weighted by Crippen LogP contribution is 2.43. The molecular weight excluding hydrogens is 468 g/mol. The van der Waals surface area contributed by atoms with Crippen molar-refractivity contribution >= 4 is 34.6 Å². The average Bonchev–Trinajstić information content (AvgIpc) is 3.36. The minimum absolute atomic E-state index is 0.101. The zero-order valence-corrected chi connectivity index (χ0v) is 21.3. The van der Waals surface area contributed by atoms with Crippen LogP contribution in [-0.4, -0.2) is 25.6 Å². The lowest BCUT2D eigenvalue weighted by Crippen LogP contribution is -2.29. The summed E-state index contributed by atoms with van der Waals surface area (Å²) in [7, 11) is 0. The Morgan fingerprint density at radius 2 is 1.81 bits per heavy atom. The first-order chi connectivity index (χ1) is 17.4. The van der Waals surface area contributed by atoms with E-state index in [9.17, 15) is 4.79 Å². The first-order valence-electron chi connectivity index (χ1n) is 11.9. The smallest absolute Gasteiger partial charge is 0.221 e. The molecule has 0 radical (unpaired) electrons. The van der Waals surface area contributed by atoms with Crippen LogP contribution in [0.3, 0.4) is 0 Å². The van der Waals surface area contributed by atoms with Gasteiger partial charge in [0.2, 0.25) is 5.91 Å². The second-order valence-electron chi connectivity index (χ2n) is 8.99. The third-order valence-electron chi connectivity index (χ3n) is 6.59. The van der Waals surface area contributed by atoms with Gasteiger partial charge >= 0.3 is 0 Å². The SMILES string of the molecule is CC(=O)Nc1ccc(N2C(=S)N[C@H](c3ccccn3)[C@@H]2c2cc(C)n(Cc3ccncc3)c2C)cc1. The number of aromatic nitrogens is 3. The van der Waals surface area contributed by atoms with Crippen LogP contribution >= 0.6 is 12.2 Å². The number of nitrogens with one attached hydrogen (secondary N) is 2. The van der Waals surface area contributed by atoms with E-state index in [4.69, 9.17) is 12.2 Å². The third kappa shape index (κ3) is 4.59. The predicted octanol–water partition coefficient (Wildman–Crippen LogP) is 5.08. The number of rotatable bonds is 6. The second kappa shape index (κ2) is 9.91. The van der Waals surface area contributed by atoms with Gasteiger partial charge in [0.25, 0.3) is 0 Å². The molecule has 1 aliphatic heterocycles. The molecule has 0 aliphatic carbocycles. The number of anilines is 2. The number of carbonyl (C=O) groups excluding carboxylic acids is 1. The molecule has 1 fully saturated rings. The maximum atomic E-state index is 11.5. The number of aryl methyl sites for hydroxylation is 1. The minimum Gasteiger partial charge on any atom is -0.351 e. The van der Waals surface area contributed by atoms with E-state index in [1.54, 1.807) is 0 Å². The summed E-state index contributed by atoms with van der Waals surface area (Å²) >= 11 is 5.87. The van der Waals surface area contributed by atoms with Crippen LogP contribution in [0, 0.1) is 13.8 Å². The highest BCUT2D eigenvalue weighted by molar-refractivity contribution is 7.80. The number of hydrogen-bond donors (Lipinski definition) is 2. The summed E-state index contributed by atoms with van der Waals surface area (Å²) in [5.74, 6) is -0.101. The molecule has 1 saturated heterocycles. The fraction of sp³-hybridized carbons (Fsp3) is 0.214. The van der Waals surface area contributed by atoms with Crippen molar-refractivity contribution in [3.8, 4) is 0 Å². The Labute approximate surface area is 216 Å². The van der Waals surface area contributed by atoms with Crippen molar-refractivity contribution < 1.29 is 4.79 Å². The van der Waals surface area contributed by atoms with Gasteiger partial charge in [-0.15, -0.1) is 0 Å². The molecule has 2 N–H and O–H groups in total. The number of amides is 1. The monoisotopic (exact) mass is 496 g/mol. The number of hydrogen-bond acceptors (Lipinski definition) is 4. The quantitative estimate of drug-likeness (QED) is 0.363. The molecule has 0 unspecified atom stereocenters. The average molecular weight is 497 g/mol. The maximum absolute atomic E-state index is 11.5. The van der Waals surface area contributed by atoms with Crippen LogP contribution in [0.4, 0.5) is 11.4 Å². The molecule has 36 heavy (non-hydrogen) atoms. The summed E-state index contributed by atoms with van der Waals surface area (Å²) in [6.07, 6.45) is 5.47. The summed E-state index contributed by atoms with van der Waals surface area (Å²) in [6, 6.07) is 19.9. The van der Waals surface area contributed by atoms with Gasteiger partial charge in [0.1, 0.15) is 0 Å². The predicted molar refractivity (Wildman–Crippen MR) is 146 cm³/mol. The lowest BCUT2D eigenvalue weighted by Gasteiger charge is -2.28. The van der Waals surface area contributed by atoms with Gasteiger partial charge < -0.3 is 20.1 Å². The first kappa shape index (κ1) is 23.7. The summed E-state index contributed by atoms with van der Waals surface area (Å²) in [5.41, 5.74) is 7.38. The van der Waals surface area contributed by atoms with Gasteiger partial charge in [-0.05, 0) is 91.8 Å². The second-order valence-corrected chi connectivity index (χ2v) is 9.38. The molecule has 1 aliphatic rings. The number of thiocarbonyl (C=S) groups is 1. The van der Waals surface area contributed by atoms with E-state index < -0.39 is 0 Å². The minimum atomic E-state index is -0.122. The largest absolute Gasteiger partial charge is 0.351 e. The molecule has 1 amide bonds. The van der Waals surface area contributed by atoms with Crippen LogP contribution in [0.5, 0.6) is 0 Å². The fourth-order valence-electron chi connectivity index (χ4n) is 4.90. The molecule has 2 atom stereocenters. The molecule has 0 bridgehead atoms. The standard InChI is InChI=1S/C28H28N6OS/c1-18-16-24(19(2)33(18)17-21-11-14-29-15-12-21)27-26(25-6-4-5-13-30-25)32-28(36)34(27)23-9-7-22(8-10-23)31-20(3)35/h4-16,26-27H,17H2,1-3H3,(H,31,35)(H,32,36)/t26-,27+/m1/s1. The molecule has 7 nitrogen and oxygen atoms in total. The van der Waals surface area contributed by atoms with Crippen molar-refractivity contribution in [2.45, 2.75) is 39.4 Å². The van der Waals surface area contributed by atoms with Gasteiger partial charge in [-0.25, -0.2) is 0 Å². The van der Waals surface area contributed by atoms with Crippen molar-refractivity contribution in [1.82, 2.24) is 19.9 Å². The van der Waals surface area contributed by atoms with E-state index in [1.807, 2.05) is 73.2 Å². The van der Waals surface area contributed by atoms with Gasteiger partial charge in [-0.1, -0.05) is 6.07 Å². The van der Waals surface area contributed by atoms with Crippen LogP contribution in [0.15, 0.2) is 79.3 Å². The zero-order chi connectivity index (χ0) is 25.2. The molecule has 4 heterocycles. The molecule has 1 aromatic carbocycles. The van der Waals surface area contributed by atoms with Crippen LogP contribution in [0.25, 0.3) is 0 Å². The van der Waals surface area contributed by atoms with E-state index in [0.29, 0.717) is 5.11 Å². The highest BCUT2D eigenvalue weighted by Gasteiger charge is 2.42. The van der Waals surface area contributed by atoms with E-state index in [0.717, 1.165) is 23.6 Å². The van der Waals surface area contributed by atoms with Gasteiger partial charge in [0, 0.05) is 54.8 Å². The molecule has 0 spiro atoms. The Morgan fingerprint density at radius 1 is 1.06 bits per heavy atom. The first-order valence-corrected chi connectivity index (χ1v) is 12.3. The lowest BCUT2D eigenvalue weighted by atomic mass is 9.96. The molecule has 0 saturated carbocycles. The van der Waals surface area contributed by atoms with Crippen LogP contribution < -0.4 is 15.5 Å². The number of pyridine rings is 2. The van der Waals surface area contributed by atoms with Gasteiger partial charge in [0.05, 0.1) is 17.8 Å². The maximum Gasteiger partial charge on any atom is 0.221 e. The van der Waals surface area contributed by atoms with Crippen molar-refractivity contribution in [3.05, 3.63) is 107 Å². The van der Waals surface area contributed by atoms with Crippen LogP contribution in [0.2, 0.25) is 0 Å². The van der Waals surface area contributed by atoms with E-state index in [-0.39, 0.29) is 18.0 Å². The lowest BCUT2D eigenvalue weighted by molar-refractivity contribution is -0.114. The summed E-state index contributed by atoms with van der Waals surface area (Å²) in [6.45, 7) is 6.58. The van der Waals surface area contributed by atoms with Gasteiger partial charge in [0.15, 0.2) is 5.11 Å². The Kier molecular flexibility index (Phi) is 6.52. The van der Waals surface area contributed by atoms with Crippen molar-refractivity contribution in [2.75, 3.05) is 10.2 Å².